The molecule has 1 aliphatic rings. The third kappa shape index (κ3) is 5.38. The number of hydrogen-bond acceptors (Lipinski definition) is 9. The highest BCUT2D eigenvalue weighted by Gasteiger charge is 2.27. The van der Waals surface area contributed by atoms with Crippen molar-refractivity contribution in [3.63, 3.8) is 0 Å². The van der Waals surface area contributed by atoms with Gasteiger partial charge in [-0.1, -0.05) is 12.1 Å². The Balaban J connectivity index is 1.51. The lowest BCUT2D eigenvalue weighted by Crippen LogP contribution is -2.46. The van der Waals surface area contributed by atoms with E-state index in [2.05, 4.69) is 0 Å². The van der Waals surface area contributed by atoms with Gasteiger partial charge in [0.2, 0.25) is 0 Å². The fourth-order valence-electron chi connectivity index (χ4n) is 4.17. The van der Waals surface area contributed by atoms with Crippen LogP contribution in [0.3, 0.4) is 0 Å². The third-order valence-electron chi connectivity index (χ3n) is 6.04. The van der Waals surface area contributed by atoms with Crippen molar-refractivity contribution < 1.29 is 23.0 Å². The van der Waals surface area contributed by atoms with E-state index in [0.29, 0.717) is 43.2 Å². The van der Waals surface area contributed by atoms with Gasteiger partial charge in [0.1, 0.15) is 11.4 Å². The molecule has 0 radical (unpaired) electrons. The molecular weight excluding hydrogens is 488 g/mol. The highest BCUT2D eigenvalue weighted by atomic mass is 32.2. The maximum Gasteiger partial charge on any atom is 0.293 e. The van der Waals surface area contributed by atoms with Crippen LogP contribution in [0, 0.1) is 20.2 Å². The zero-order valence-corrected chi connectivity index (χ0v) is 20.3. The van der Waals surface area contributed by atoms with Gasteiger partial charge in [0.25, 0.3) is 11.4 Å². The summed E-state index contributed by atoms with van der Waals surface area (Å²) in [5, 5.41) is 22.7. The molecule has 36 heavy (non-hydrogen) atoms. The van der Waals surface area contributed by atoms with E-state index < -0.39 is 19.7 Å². The van der Waals surface area contributed by atoms with Gasteiger partial charge in [-0.05, 0) is 42.0 Å². The Morgan fingerprint density at radius 1 is 0.861 bits per heavy atom. The predicted molar refractivity (Wildman–Crippen MR) is 135 cm³/mol. The maximum absolute atomic E-state index is 13.0. The van der Waals surface area contributed by atoms with E-state index in [1.807, 2.05) is 9.80 Å². The molecule has 3 aromatic carbocycles. The van der Waals surface area contributed by atoms with Crippen molar-refractivity contribution in [2.45, 2.75) is 10.6 Å². The second-order valence-electron chi connectivity index (χ2n) is 8.27. The Morgan fingerprint density at radius 3 is 2.14 bits per heavy atom. The van der Waals surface area contributed by atoms with Crippen LogP contribution < -0.4 is 14.5 Å². The maximum atomic E-state index is 13.0. The van der Waals surface area contributed by atoms with E-state index in [9.17, 15) is 28.6 Å². The normalized spacial score (nSPS) is 13.9. The first kappa shape index (κ1) is 24.9. The van der Waals surface area contributed by atoms with Gasteiger partial charge in [-0.3, -0.25) is 20.2 Å². The molecule has 0 saturated carbocycles. The first-order valence-electron chi connectivity index (χ1n) is 11.1. The van der Waals surface area contributed by atoms with E-state index in [4.69, 9.17) is 4.74 Å². The van der Waals surface area contributed by atoms with Crippen LogP contribution in [-0.2, 0) is 15.6 Å². The molecule has 1 aliphatic heterocycles. The second kappa shape index (κ2) is 10.2. The van der Waals surface area contributed by atoms with Gasteiger partial charge >= 0.3 is 0 Å². The van der Waals surface area contributed by atoms with Crippen LogP contribution in [0.1, 0.15) is 5.56 Å². The van der Waals surface area contributed by atoms with Crippen LogP contribution in [-0.4, -0.2) is 51.6 Å². The molecule has 0 aliphatic carbocycles. The number of rotatable bonds is 8. The van der Waals surface area contributed by atoms with Gasteiger partial charge in [0.15, 0.2) is 9.84 Å². The average Bonchev–Trinajstić information content (AvgIpc) is 2.88. The van der Waals surface area contributed by atoms with Crippen molar-refractivity contribution in [2.24, 2.45) is 0 Å². The summed E-state index contributed by atoms with van der Waals surface area (Å²) in [6.45, 7) is 2.02. The number of benzene rings is 3. The molecule has 0 unspecified atom stereocenters. The number of hydrogen-bond donors (Lipinski definition) is 0. The van der Waals surface area contributed by atoms with Crippen LogP contribution in [0.15, 0.2) is 71.6 Å². The number of methoxy groups -OCH3 is 1. The molecule has 0 amide bonds. The van der Waals surface area contributed by atoms with Gasteiger partial charge in [0.05, 0.1) is 27.6 Å². The SMILES string of the molecule is COc1cccc(CS(=O)(=O)c2ccc(N3CCN(c4ccc([N+](=O)[O-])cc4)CC3)c([N+](=O)[O-])c2)c1. The molecule has 0 spiro atoms. The molecule has 0 atom stereocenters. The number of nitrogens with zero attached hydrogens (tertiary/aromatic N) is 4. The highest BCUT2D eigenvalue weighted by molar-refractivity contribution is 7.90. The number of sulfone groups is 1. The number of ether oxygens (including phenoxy) is 1. The molecule has 0 aromatic heterocycles. The molecule has 12 heteroatoms. The summed E-state index contributed by atoms with van der Waals surface area (Å²) in [6, 6.07) is 16.9. The lowest BCUT2D eigenvalue weighted by molar-refractivity contribution is -0.384. The summed E-state index contributed by atoms with van der Waals surface area (Å²) in [7, 11) is -2.34. The van der Waals surface area contributed by atoms with Crippen LogP contribution in [0.2, 0.25) is 0 Å². The van der Waals surface area contributed by atoms with Crippen LogP contribution >= 0.6 is 0 Å². The average molecular weight is 513 g/mol. The predicted octanol–water partition coefficient (Wildman–Crippen LogP) is 3.81. The molecule has 1 saturated heterocycles. The van der Waals surface area contributed by atoms with Crippen molar-refractivity contribution in [3.8, 4) is 5.75 Å². The second-order valence-corrected chi connectivity index (χ2v) is 10.3. The highest BCUT2D eigenvalue weighted by Crippen LogP contribution is 2.33. The van der Waals surface area contributed by atoms with Crippen molar-refractivity contribution >= 4 is 32.6 Å². The van der Waals surface area contributed by atoms with E-state index >= 15 is 0 Å². The molecule has 3 aromatic rings. The van der Waals surface area contributed by atoms with Crippen LogP contribution in [0.5, 0.6) is 5.75 Å². The Hall–Kier alpha value is -4.19. The van der Waals surface area contributed by atoms with Crippen LogP contribution in [0.4, 0.5) is 22.7 Å². The fraction of sp³-hybridized carbons (Fsp3) is 0.250. The van der Waals surface area contributed by atoms with Crippen molar-refractivity contribution in [2.75, 3.05) is 43.1 Å². The Bertz CT molecular complexity index is 1390. The molecule has 1 heterocycles. The first-order valence-corrected chi connectivity index (χ1v) is 12.7. The molecule has 0 bridgehead atoms. The summed E-state index contributed by atoms with van der Waals surface area (Å²) < 4.78 is 31.1. The summed E-state index contributed by atoms with van der Waals surface area (Å²) in [4.78, 5) is 25.5. The number of nitro benzene ring substituents is 2. The lowest BCUT2D eigenvalue weighted by atomic mass is 10.2. The number of nitro groups is 2. The minimum atomic E-state index is -3.83. The molecule has 188 valence electrons. The Kier molecular flexibility index (Phi) is 7.06. The molecule has 0 N–H and O–H groups in total. The minimum Gasteiger partial charge on any atom is -0.497 e. The zero-order valence-electron chi connectivity index (χ0n) is 19.4. The lowest BCUT2D eigenvalue weighted by Gasteiger charge is -2.37. The molecule has 4 rings (SSSR count). The smallest absolute Gasteiger partial charge is 0.293 e. The number of anilines is 2. The largest absolute Gasteiger partial charge is 0.497 e. The molecular formula is C24H24N4O7S. The Labute approximate surface area is 207 Å². The van der Waals surface area contributed by atoms with Crippen molar-refractivity contribution in [1.82, 2.24) is 0 Å². The van der Waals surface area contributed by atoms with E-state index in [1.54, 1.807) is 36.4 Å². The van der Waals surface area contributed by atoms with E-state index in [1.165, 1.54) is 31.4 Å². The molecule has 1 fully saturated rings. The van der Waals surface area contributed by atoms with Gasteiger partial charge in [-0.2, -0.15) is 0 Å². The Morgan fingerprint density at radius 2 is 1.53 bits per heavy atom. The van der Waals surface area contributed by atoms with Crippen LogP contribution in [0.25, 0.3) is 0 Å². The van der Waals surface area contributed by atoms with Gasteiger partial charge in [-0.25, -0.2) is 8.42 Å². The topological polar surface area (TPSA) is 136 Å². The van der Waals surface area contributed by atoms with Gasteiger partial charge in [0, 0.05) is 50.1 Å². The first-order chi connectivity index (χ1) is 17.2. The summed E-state index contributed by atoms with van der Waals surface area (Å²) in [5.41, 5.74) is 1.43. The number of piperazine rings is 1. The van der Waals surface area contributed by atoms with E-state index in [0.717, 1.165) is 11.8 Å². The fourth-order valence-corrected chi connectivity index (χ4v) is 5.52. The van der Waals surface area contributed by atoms with Gasteiger partial charge in [-0.15, -0.1) is 0 Å². The van der Waals surface area contributed by atoms with Crippen molar-refractivity contribution in [1.29, 1.82) is 0 Å². The summed E-state index contributed by atoms with van der Waals surface area (Å²) in [5.74, 6) is 0.214. The standard InChI is InChI=1S/C24H24N4O7S/c1-35-21-4-2-3-18(15-21)17-36(33,34)22-9-10-23(24(16-22)28(31)32)26-13-11-25(12-14-26)19-5-7-20(8-6-19)27(29)30/h2-10,15-16H,11-14,17H2,1H3. The molecule has 11 nitrogen and oxygen atoms in total. The number of non-ortho nitro benzene ring substituents is 1. The van der Waals surface area contributed by atoms with Gasteiger partial charge < -0.3 is 14.5 Å². The summed E-state index contributed by atoms with van der Waals surface area (Å²) in [6.07, 6.45) is 0. The third-order valence-corrected chi connectivity index (χ3v) is 7.73. The quantitative estimate of drug-likeness (QED) is 0.326. The zero-order chi connectivity index (χ0) is 25.9. The monoisotopic (exact) mass is 512 g/mol. The summed E-state index contributed by atoms with van der Waals surface area (Å²) >= 11 is 0. The van der Waals surface area contributed by atoms with E-state index in [-0.39, 0.29) is 22.0 Å². The van der Waals surface area contributed by atoms with Crippen molar-refractivity contribution in [3.05, 3.63) is 92.5 Å². The minimum absolute atomic E-state index is 0.00875.